The fourth-order valence-corrected chi connectivity index (χ4v) is 6.91. The van der Waals surface area contributed by atoms with Crippen molar-refractivity contribution in [3.8, 4) is 0 Å². The summed E-state index contributed by atoms with van der Waals surface area (Å²) in [6, 6.07) is 41.3. The first-order chi connectivity index (χ1) is 23.5. The average Bonchev–Trinajstić information content (AvgIpc) is 3.81. The Labute approximate surface area is 281 Å². The van der Waals surface area contributed by atoms with Crippen LogP contribution in [0, 0.1) is 0 Å². The summed E-state index contributed by atoms with van der Waals surface area (Å²) < 4.78 is 38.3. The van der Waals surface area contributed by atoms with E-state index in [0.29, 0.717) is 5.46 Å². The van der Waals surface area contributed by atoms with Crippen molar-refractivity contribution in [1.29, 1.82) is 0 Å². The number of esters is 1. The lowest BCUT2D eigenvalue weighted by atomic mass is 9.71. The van der Waals surface area contributed by atoms with Gasteiger partial charge in [-0.25, -0.2) is 0 Å². The normalized spacial score (nSPS) is 17.3. The summed E-state index contributed by atoms with van der Waals surface area (Å²) in [5, 5.41) is 11.1. The Morgan fingerprint density at radius 1 is 0.708 bits per heavy atom. The monoisotopic (exact) mass is 646 g/mol. The number of rotatable bonds is 13. The highest BCUT2D eigenvalue weighted by atomic mass is 16.7. The van der Waals surface area contributed by atoms with E-state index in [0.717, 1.165) is 22.3 Å². The van der Waals surface area contributed by atoms with E-state index in [2.05, 4.69) is 0 Å². The summed E-state index contributed by atoms with van der Waals surface area (Å²) >= 11 is 0. The number of aliphatic hydroxyl groups is 1. The molecule has 1 aliphatic heterocycles. The highest BCUT2D eigenvalue weighted by Crippen LogP contribution is 2.50. The van der Waals surface area contributed by atoms with E-state index in [1.54, 1.807) is 27.2 Å². The van der Waals surface area contributed by atoms with Crippen molar-refractivity contribution in [2.45, 2.75) is 42.9 Å². The van der Waals surface area contributed by atoms with Crippen molar-refractivity contribution < 1.29 is 37.8 Å². The fraction of sp³-hybridized carbons (Fsp3) is 0.256. The van der Waals surface area contributed by atoms with Gasteiger partial charge in [0, 0.05) is 19.7 Å². The van der Waals surface area contributed by atoms with Gasteiger partial charge in [-0.05, 0) is 35.2 Å². The van der Waals surface area contributed by atoms with Crippen LogP contribution in [0.4, 0.5) is 0 Å². The predicted octanol–water partition coefficient (Wildman–Crippen LogP) is 5.93. The molecule has 3 atom stereocenters. The minimum absolute atomic E-state index is 0.150. The molecule has 9 heteroatoms. The molecular formula is C39H39BO8. The highest BCUT2D eigenvalue weighted by Gasteiger charge is 2.62. The average molecular weight is 647 g/mol. The lowest BCUT2D eigenvalue weighted by molar-refractivity contribution is -0.145. The molecule has 0 spiro atoms. The van der Waals surface area contributed by atoms with Crippen LogP contribution in [-0.4, -0.2) is 51.2 Å². The third-order valence-electron chi connectivity index (χ3n) is 9.02. The summed E-state index contributed by atoms with van der Waals surface area (Å²) in [4.78, 5) is 12.3. The molecule has 4 aromatic carbocycles. The summed E-state index contributed by atoms with van der Waals surface area (Å²) in [5.74, 6) is -0.396. The number of furan rings is 1. The van der Waals surface area contributed by atoms with Crippen LogP contribution in [0.2, 0.25) is 0 Å². The van der Waals surface area contributed by atoms with Gasteiger partial charge in [0.05, 0.1) is 19.3 Å². The molecule has 1 aliphatic rings. The van der Waals surface area contributed by atoms with E-state index in [1.165, 1.54) is 6.26 Å². The molecule has 1 saturated heterocycles. The number of ether oxygens (including phenoxy) is 3. The van der Waals surface area contributed by atoms with Crippen LogP contribution in [0.25, 0.3) is 0 Å². The number of hydrogen-bond acceptors (Lipinski definition) is 8. The van der Waals surface area contributed by atoms with Gasteiger partial charge in [0.15, 0.2) is 0 Å². The van der Waals surface area contributed by atoms with Crippen LogP contribution in [-0.2, 0) is 39.5 Å². The van der Waals surface area contributed by atoms with Crippen LogP contribution >= 0.6 is 0 Å². The maximum Gasteiger partial charge on any atom is 0.498 e. The maximum absolute atomic E-state index is 12.3. The van der Waals surface area contributed by atoms with Crippen molar-refractivity contribution in [3.63, 3.8) is 0 Å². The maximum atomic E-state index is 12.3. The summed E-state index contributed by atoms with van der Waals surface area (Å²) in [6.07, 6.45) is -1.82. The van der Waals surface area contributed by atoms with Crippen molar-refractivity contribution >= 4 is 18.6 Å². The number of aliphatic hydroxyl groups excluding tert-OH is 1. The van der Waals surface area contributed by atoms with Gasteiger partial charge in [0.2, 0.25) is 0 Å². The second-order valence-corrected chi connectivity index (χ2v) is 11.6. The number of carbonyl (C=O) groups excluding carboxylic acids is 1. The van der Waals surface area contributed by atoms with E-state index in [-0.39, 0.29) is 18.8 Å². The lowest BCUT2D eigenvalue weighted by Gasteiger charge is -2.46. The van der Waals surface area contributed by atoms with Crippen molar-refractivity contribution in [1.82, 2.24) is 0 Å². The van der Waals surface area contributed by atoms with Crippen molar-refractivity contribution in [2.24, 2.45) is 0 Å². The van der Waals surface area contributed by atoms with Gasteiger partial charge in [0.1, 0.15) is 35.3 Å². The fourth-order valence-electron chi connectivity index (χ4n) is 6.91. The standard InChI is InChI=1S/C39H39BO8/c1-4-45-34(42)27-33(41)35-32(25-26-46-35)40-47-36(38(43-2,28-17-9-5-10-18-28)29-19-11-6-12-20-29)37(48-40)39(44-3,30-21-13-7-14-22-30)31-23-15-8-16-24-31/h5-26,33,36-37,41H,4,27H2,1-3H3/t33-,36-,37-/m1/s1. The van der Waals surface area contributed by atoms with Gasteiger partial charge in [0.25, 0.3) is 0 Å². The number of hydrogen-bond donors (Lipinski definition) is 1. The molecule has 246 valence electrons. The largest absolute Gasteiger partial charge is 0.498 e. The molecule has 48 heavy (non-hydrogen) atoms. The van der Waals surface area contributed by atoms with Crippen LogP contribution in [0.5, 0.6) is 0 Å². The Balaban J connectivity index is 1.58. The van der Waals surface area contributed by atoms with E-state index in [9.17, 15) is 9.90 Å². The number of methoxy groups -OCH3 is 2. The summed E-state index contributed by atoms with van der Waals surface area (Å²) in [7, 11) is 2.29. The Kier molecular flexibility index (Phi) is 10.2. The molecular weight excluding hydrogens is 607 g/mol. The SMILES string of the molecule is CCOC(=O)C[C@@H](O)c1occc1B1O[C@@H](C(OC)(c2ccccc2)c2ccccc2)[C@H](C(OC)(c2ccccc2)c2ccccc2)O1. The Morgan fingerprint density at radius 3 is 1.46 bits per heavy atom. The van der Waals surface area contributed by atoms with E-state index in [1.807, 2.05) is 121 Å². The van der Waals surface area contributed by atoms with Gasteiger partial charge in [-0.3, -0.25) is 4.79 Å². The van der Waals surface area contributed by atoms with Crippen molar-refractivity contribution in [2.75, 3.05) is 20.8 Å². The molecule has 1 fully saturated rings. The molecule has 1 aromatic heterocycles. The molecule has 8 nitrogen and oxygen atoms in total. The van der Waals surface area contributed by atoms with Gasteiger partial charge in [-0.1, -0.05) is 121 Å². The predicted molar refractivity (Wildman–Crippen MR) is 181 cm³/mol. The van der Waals surface area contributed by atoms with E-state index in [4.69, 9.17) is 27.9 Å². The Bertz CT molecular complexity index is 1570. The quantitative estimate of drug-likeness (QED) is 0.124. The third kappa shape index (κ3) is 6.00. The molecule has 1 N–H and O–H groups in total. The van der Waals surface area contributed by atoms with Gasteiger partial charge in [-0.2, -0.15) is 0 Å². The second-order valence-electron chi connectivity index (χ2n) is 11.6. The first-order valence-electron chi connectivity index (χ1n) is 16.0. The zero-order valence-corrected chi connectivity index (χ0v) is 27.2. The van der Waals surface area contributed by atoms with E-state index >= 15 is 0 Å². The van der Waals surface area contributed by atoms with Crippen molar-refractivity contribution in [3.05, 3.63) is 162 Å². The summed E-state index contributed by atoms with van der Waals surface area (Å²) in [6.45, 7) is 1.91. The van der Waals surface area contributed by atoms with Gasteiger partial charge < -0.3 is 33.0 Å². The molecule has 0 bridgehead atoms. The number of carbonyl (C=O) groups is 1. The molecule has 0 saturated carbocycles. The van der Waals surface area contributed by atoms with Crippen LogP contribution < -0.4 is 5.46 Å². The first kappa shape index (κ1) is 33.4. The van der Waals surface area contributed by atoms with Crippen LogP contribution in [0.3, 0.4) is 0 Å². The number of benzene rings is 4. The second kappa shape index (κ2) is 14.7. The Morgan fingerprint density at radius 2 is 1.10 bits per heavy atom. The molecule has 5 aromatic rings. The van der Waals surface area contributed by atoms with E-state index < -0.39 is 42.6 Å². The minimum Gasteiger partial charge on any atom is -0.467 e. The van der Waals surface area contributed by atoms with Gasteiger partial charge >= 0.3 is 13.1 Å². The molecule has 6 rings (SSSR count). The van der Waals surface area contributed by atoms with Gasteiger partial charge in [-0.15, -0.1) is 0 Å². The minimum atomic E-state index is -1.29. The topological polar surface area (TPSA) is 96.6 Å². The zero-order valence-electron chi connectivity index (χ0n) is 27.2. The summed E-state index contributed by atoms with van der Waals surface area (Å²) in [5.41, 5.74) is 1.41. The van der Waals surface area contributed by atoms with Crippen LogP contribution in [0.1, 0.15) is 47.5 Å². The molecule has 0 unspecified atom stereocenters. The first-order valence-corrected chi connectivity index (χ1v) is 16.0. The molecule has 0 radical (unpaired) electrons. The zero-order chi connectivity index (χ0) is 33.6. The Hall–Kier alpha value is -4.51. The lowest BCUT2D eigenvalue weighted by Crippen LogP contribution is -2.56. The smallest absolute Gasteiger partial charge is 0.467 e. The molecule has 0 aliphatic carbocycles. The molecule has 2 heterocycles. The molecule has 0 amide bonds. The third-order valence-corrected chi connectivity index (χ3v) is 9.02. The van der Waals surface area contributed by atoms with Crippen LogP contribution in [0.15, 0.2) is 138 Å². The highest BCUT2D eigenvalue weighted by molar-refractivity contribution is 6.62.